The van der Waals surface area contributed by atoms with Crippen LogP contribution in [0.25, 0.3) is 0 Å². The quantitative estimate of drug-likeness (QED) is 0.547. The maximum absolute atomic E-state index is 12.4. The van der Waals surface area contributed by atoms with E-state index in [1.54, 1.807) is 6.92 Å². The van der Waals surface area contributed by atoms with E-state index in [2.05, 4.69) is 0 Å². The number of carbonyl (C=O) groups excluding carboxylic acids is 1. The van der Waals surface area contributed by atoms with Gasteiger partial charge < -0.3 is 24.7 Å². The number of hydrogen-bond acceptors (Lipinski definition) is 6. The topological polar surface area (TPSA) is 80.0 Å². The summed E-state index contributed by atoms with van der Waals surface area (Å²) in [6.45, 7) is 3.37. The van der Waals surface area contributed by atoms with Gasteiger partial charge in [0.25, 0.3) is 6.43 Å². The van der Waals surface area contributed by atoms with E-state index in [1.807, 2.05) is 6.92 Å². The fraction of sp³-hybridized carbons (Fsp3) is 0.929. The van der Waals surface area contributed by atoms with Crippen molar-refractivity contribution in [3.8, 4) is 0 Å². The molecule has 1 heterocycles. The molecule has 1 fully saturated rings. The first-order valence-electron chi connectivity index (χ1n) is 7.50. The predicted molar refractivity (Wildman–Crippen MR) is 82.0 cm³/mol. The second kappa shape index (κ2) is 11.9. The number of ether oxygens (including phenoxy) is 4. The van der Waals surface area contributed by atoms with Crippen LogP contribution in [0.5, 0.6) is 0 Å². The van der Waals surface area contributed by atoms with Crippen LogP contribution in [0.3, 0.4) is 0 Å². The molecule has 9 heteroatoms. The lowest BCUT2D eigenvalue weighted by Gasteiger charge is -2.30. The molecule has 0 saturated carbocycles. The molecule has 6 nitrogen and oxygen atoms in total. The molecule has 0 spiro atoms. The van der Waals surface area contributed by atoms with Crippen LogP contribution in [0.2, 0.25) is 0 Å². The monoisotopic (exact) mass is 361 g/mol. The SMILES string of the molecule is CCCCO[C@H]1COC[C@H](N)C(=O)O[C@@H](C)[C@@H]1OCC(F)F.Cl. The molecule has 2 N–H and O–H groups in total. The predicted octanol–water partition coefficient (Wildman–Crippen LogP) is 1.53. The van der Waals surface area contributed by atoms with Crippen molar-refractivity contribution in [2.24, 2.45) is 5.73 Å². The van der Waals surface area contributed by atoms with Gasteiger partial charge in [-0.1, -0.05) is 13.3 Å². The smallest absolute Gasteiger partial charge is 0.325 e. The van der Waals surface area contributed by atoms with Gasteiger partial charge in [-0.15, -0.1) is 12.4 Å². The number of halogens is 3. The van der Waals surface area contributed by atoms with Crippen molar-refractivity contribution in [2.75, 3.05) is 26.4 Å². The first-order chi connectivity index (χ1) is 10.5. The van der Waals surface area contributed by atoms with Crippen LogP contribution in [0.1, 0.15) is 26.7 Å². The maximum atomic E-state index is 12.4. The molecule has 1 aliphatic heterocycles. The minimum atomic E-state index is -2.62. The highest BCUT2D eigenvalue weighted by atomic mass is 35.5. The number of alkyl halides is 2. The Labute approximate surface area is 141 Å². The number of carbonyl (C=O) groups is 1. The summed E-state index contributed by atoms with van der Waals surface area (Å²) in [5.41, 5.74) is 5.61. The third-order valence-electron chi connectivity index (χ3n) is 3.26. The molecule has 23 heavy (non-hydrogen) atoms. The average molecular weight is 362 g/mol. The van der Waals surface area contributed by atoms with Gasteiger partial charge in [0, 0.05) is 6.61 Å². The second-order valence-corrected chi connectivity index (χ2v) is 5.24. The van der Waals surface area contributed by atoms with Crippen molar-refractivity contribution in [3.63, 3.8) is 0 Å². The summed E-state index contributed by atoms with van der Waals surface area (Å²) in [6, 6.07) is -0.910. The Morgan fingerprint density at radius 3 is 2.65 bits per heavy atom. The van der Waals surface area contributed by atoms with Gasteiger partial charge in [-0.3, -0.25) is 4.79 Å². The highest BCUT2D eigenvalue weighted by molar-refractivity contribution is 5.85. The minimum absolute atomic E-state index is 0. The molecule has 4 atom stereocenters. The minimum Gasteiger partial charge on any atom is -0.459 e. The number of cyclic esters (lactones) is 1. The van der Waals surface area contributed by atoms with Gasteiger partial charge >= 0.3 is 5.97 Å². The second-order valence-electron chi connectivity index (χ2n) is 5.24. The Morgan fingerprint density at radius 2 is 2.04 bits per heavy atom. The van der Waals surface area contributed by atoms with Crippen molar-refractivity contribution in [1.29, 1.82) is 0 Å². The summed E-state index contributed by atoms with van der Waals surface area (Å²) in [5, 5.41) is 0. The molecular formula is C14H26ClF2NO5. The lowest BCUT2D eigenvalue weighted by molar-refractivity contribution is -0.172. The molecule has 0 aliphatic carbocycles. The molecule has 0 radical (unpaired) electrons. The standard InChI is InChI=1S/C14H25F2NO5.ClH/c1-3-4-5-20-11-7-19-6-10(17)14(18)22-9(2)13(11)21-8-12(15)16;/h9-13H,3-8,17H2,1-2H3;1H/t9-,10-,11-,13-;/m0./s1. The van der Waals surface area contributed by atoms with Gasteiger partial charge in [0.2, 0.25) is 0 Å². The van der Waals surface area contributed by atoms with Crippen LogP contribution >= 0.6 is 12.4 Å². The van der Waals surface area contributed by atoms with E-state index in [1.165, 1.54) is 0 Å². The van der Waals surface area contributed by atoms with Crippen LogP contribution < -0.4 is 5.73 Å². The third-order valence-corrected chi connectivity index (χ3v) is 3.26. The van der Waals surface area contributed by atoms with Crippen molar-refractivity contribution < 1.29 is 32.5 Å². The average Bonchev–Trinajstić information content (AvgIpc) is 2.49. The number of hydrogen-bond donors (Lipinski definition) is 1. The molecule has 138 valence electrons. The van der Waals surface area contributed by atoms with Gasteiger partial charge in [-0.25, -0.2) is 8.78 Å². The summed E-state index contributed by atoms with van der Waals surface area (Å²) in [5.74, 6) is -0.646. The molecule has 0 unspecified atom stereocenters. The third kappa shape index (κ3) is 8.21. The molecule has 0 aromatic carbocycles. The van der Waals surface area contributed by atoms with E-state index in [9.17, 15) is 13.6 Å². The fourth-order valence-electron chi connectivity index (χ4n) is 2.06. The Balaban J connectivity index is 0.00000484. The van der Waals surface area contributed by atoms with Crippen molar-refractivity contribution in [3.05, 3.63) is 0 Å². The lowest BCUT2D eigenvalue weighted by Crippen LogP contribution is -2.45. The first kappa shape index (κ1) is 22.5. The van der Waals surface area contributed by atoms with E-state index in [-0.39, 0.29) is 25.6 Å². The Hall–Kier alpha value is -0.540. The summed E-state index contributed by atoms with van der Waals surface area (Å²) in [6.07, 6.45) is -3.05. The van der Waals surface area contributed by atoms with Gasteiger partial charge in [0.1, 0.15) is 31.0 Å². The fourth-order valence-corrected chi connectivity index (χ4v) is 2.06. The van der Waals surface area contributed by atoms with Gasteiger partial charge in [0.15, 0.2) is 0 Å². The molecule has 1 rings (SSSR count). The van der Waals surface area contributed by atoms with E-state index >= 15 is 0 Å². The van der Waals surface area contributed by atoms with E-state index in [4.69, 9.17) is 24.7 Å². The normalized spacial score (nSPS) is 29.2. The molecule has 0 aromatic heterocycles. The maximum Gasteiger partial charge on any atom is 0.325 e. The summed E-state index contributed by atoms with van der Waals surface area (Å²) in [7, 11) is 0. The molecule has 0 amide bonds. The highest BCUT2D eigenvalue weighted by Crippen LogP contribution is 2.17. The summed E-state index contributed by atoms with van der Waals surface area (Å²) < 4.78 is 46.2. The van der Waals surface area contributed by atoms with E-state index < -0.39 is 43.4 Å². The number of unbranched alkanes of at least 4 members (excludes halogenated alkanes) is 1. The van der Waals surface area contributed by atoms with Crippen molar-refractivity contribution in [1.82, 2.24) is 0 Å². The van der Waals surface area contributed by atoms with Crippen LogP contribution in [0.15, 0.2) is 0 Å². The van der Waals surface area contributed by atoms with Crippen LogP contribution in [-0.2, 0) is 23.7 Å². The number of esters is 1. The van der Waals surface area contributed by atoms with Gasteiger partial charge in [-0.05, 0) is 13.3 Å². The Morgan fingerprint density at radius 1 is 1.35 bits per heavy atom. The number of rotatable bonds is 7. The summed E-state index contributed by atoms with van der Waals surface area (Å²) >= 11 is 0. The largest absolute Gasteiger partial charge is 0.459 e. The van der Waals surface area contributed by atoms with Crippen molar-refractivity contribution >= 4 is 18.4 Å². The zero-order valence-electron chi connectivity index (χ0n) is 13.4. The van der Waals surface area contributed by atoms with Gasteiger partial charge in [0.05, 0.1) is 13.2 Å². The lowest BCUT2D eigenvalue weighted by atomic mass is 10.1. The molecule has 1 saturated heterocycles. The van der Waals surface area contributed by atoms with E-state index in [0.717, 1.165) is 12.8 Å². The first-order valence-corrected chi connectivity index (χ1v) is 7.50. The number of nitrogens with two attached hydrogens (primary N) is 1. The van der Waals surface area contributed by atoms with Gasteiger partial charge in [-0.2, -0.15) is 0 Å². The molecule has 0 bridgehead atoms. The Kier molecular flexibility index (Phi) is 11.6. The zero-order chi connectivity index (χ0) is 16.5. The van der Waals surface area contributed by atoms with E-state index in [0.29, 0.717) is 6.61 Å². The molecule has 1 aliphatic rings. The highest BCUT2D eigenvalue weighted by Gasteiger charge is 2.35. The molecular weight excluding hydrogens is 336 g/mol. The zero-order valence-corrected chi connectivity index (χ0v) is 14.2. The van der Waals surface area contributed by atoms with Crippen LogP contribution in [0.4, 0.5) is 8.78 Å². The Bertz CT molecular complexity index is 338. The summed E-state index contributed by atoms with van der Waals surface area (Å²) in [4.78, 5) is 11.7. The van der Waals surface area contributed by atoms with Crippen LogP contribution in [0, 0.1) is 0 Å². The van der Waals surface area contributed by atoms with Crippen molar-refractivity contribution in [2.45, 2.75) is 57.5 Å². The molecule has 0 aromatic rings. The van der Waals surface area contributed by atoms with Crippen LogP contribution in [-0.4, -0.2) is 63.2 Å².